The molecule has 1 aliphatic heterocycles. The third kappa shape index (κ3) is 5.32. The second-order valence-electron chi connectivity index (χ2n) is 9.02. The number of halogens is 1. The molecule has 0 atom stereocenters. The number of likely N-dealkylation sites (N-methyl/N-ethyl adjacent to an activating group) is 1. The van der Waals surface area contributed by atoms with E-state index in [9.17, 15) is 9.59 Å². The second kappa shape index (κ2) is 10.6. The average molecular weight is 563 g/mol. The molecule has 0 saturated carbocycles. The Morgan fingerprint density at radius 1 is 1.03 bits per heavy atom. The molecule has 5 rings (SSSR count). The number of anilines is 2. The van der Waals surface area contributed by atoms with Crippen LogP contribution < -0.4 is 20.0 Å². The van der Waals surface area contributed by atoms with Gasteiger partial charge < -0.3 is 23.9 Å². The summed E-state index contributed by atoms with van der Waals surface area (Å²) in [6.45, 7) is 3.24. The van der Waals surface area contributed by atoms with Gasteiger partial charge in [0.05, 0.1) is 5.39 Å². The highest BCUT2D eigenvalue weighted by Gasteiger charge is 2.21. The number of pyridine rings is 1. The molecule has 0 radical (unpaired) electrons. The molecule has 0 N–H and O–H groups in total. The van der Waals surface area contributed by atoms with Gasteiger partial charge in [-0.25, -0.2) is 4.98 Å². The molecule has 0 spiro atoms. The molecule has 1 aliphatic rings. The minimum absolute atomic E-state index is 0.0255. The van der Waals surface area contributed by atoms with Crippen molar-refractivity contribution in [2.45, 2.75) is 0 Å². The van der Waals surface area contributed by atoms with E-state index in [1.165, 1.54) is 4.90 Å². The van der Waals surface area contributed by atoms with Crippen LogP contribution in [0.5, 0.6) is 5.75 Å². The van der Waals surface area contributed by atoms with Crippen molar-refractivity contribution in [1.29, 1.82) is 0 Å². The maximum atomic E-state index is 13.4. The van der Waals surface area contributed by atoms with Gasteiger partial charge in [0.1, 0.15) is 11.4 Å². The number of piperazine rings is 1. The Hall–Kier alpha value is -3.85. The van der Waals surface area contributed by atoms with Crippen molar-refractivity contribution in [1.82, 2.24) is 9.88 Å². The third-order valence-corrected chi connectivity index (χ3v) is 6.89. The highest BCUT2D eigenvalue weighted by molar-refractivity contribution is 9.10. The fourth-order valence-electron chi connectivity index (χ4n) is 4.29. The highest BCUT2D eigenvalue weighted by atomic mass is 79.9. The summed E-state index contributed by atoms with van der Waals surface area (Å²) in [5.74, 6) is 1.08. The fraction of sp³-hybridized carbons (Fsp3) is 0.250. The number of aromatic nitrogens is 1. The van der Waals surface area contributed by atoms with Gasteiger partial charge in [0.2, 0.25) is 11.2 Å². The molecule has 1 fully saturated rings. The first kappa shape index (κ1) is 24.8. The molecule has 0 aliphatic carbocycles. The van der Waals surface area contributed by atoms with E-state index in [2.05, 4.69) is 30.7 Å². The molecule has 1 amide bonds. The van der Waals surface area contributed by atoms with Crippen LogP contribution in [0, 0.1) is 0 Å². The van der Waals surface area contributed by atoms with E-state index in [0.29, 0.717) is 22.3 Å². The van der Waals surface area contributed by atoms with Crippen LogP contribution in [-0.4, -0.2) is 62.7 Å². The lowest BCUT2D eigenvalue weighted by Crippen LogP contribution is -2.46. The Morgan fingerprint density at radius 2 is 1.76 bits per heavy atom. The van der Waals surface area contributed by atoms with Gasteiger partial charge in [-0.15, -0.1) is 0 Å². The lowest BCUT2D eigenvalue weighted by Gasteiger charge is -2.36. The van der Waals surface area contributed by atoms with Crippen LogP contribution in [0.15, 0.2) is 80.5 Å². The van der Waals surface area contributed by atoms with Crippen LogP contribution in [0.3, 0.4) is 0 Å². The van der Waals surface area contributed by atoms with E-state index >= 15 is 0 Å². The molecule has 37 heavy (non-hydrogen) atoms. The lowest BCUT2D eigenvalue weighted by atomic mass is 10.1. The number of hydrogen-bond donors (Lipinski definition) is 0. The van der Waals surface area contributed by atoms with Gasteiger partial charge in [0, 0.05) is 62.2 Å². The summed E-state index contributed by atoms with van der Waals surface area (Å²) in [5.41, 5.74) is 1.91. The first-order valence-electron chi connectivity index (χ1n) is 12.0. The number of hydrogen-bond acceptors (Lipinski definition) is 7. The zero-order valence-corrected chi connectivity index (χ0v) is 22.3. The van der Waals surface area contributed by atoms with Crippen molar-refractivity contribution in [2.75, 3.05) is 56.7 Å². The van der Waals surface area contributed by atoms with Gasteiger partial charge >= 0.3 is 0 Å². The van der Waals surface area contributed by atoms with Gasteiger partial charge in [0.25, 0.3) is 5.91 Å². The lowest BCUT2D eigenvalue weighted by molar-refractivity contribution is -0.130. The zero-order chi connectivity index (χ0) is 25.9. The Balaban J connectivity index is 1.41. The van der Waals surface area contributed by atoms with Crippen molar-refractivity contribution in [3.05, 3.63) is 81.6 Å². The van der Waals surface area contributed by atoms with Gasteiger partial charge in [-0.3, -0.25) is 9.59 Å². The highest BCUT2D eigenvalue weighted by Crippen LogP contribution is 2.33. The van der Waals surface area contributed by atoms with Crippen molar-refractivity contribution < 1.29 is 13.9 Å². The third-order valence-electron chi connectivity index (χ3n) is 6.40. The SMILES string of the molecule is CN(C)C(=O)COc1c(-c2ccc(N3CCN(c4ccccn4)CC3)cc2)oc2ccc(Br)cc2c1=O. The Labute approximate surface area is 223 Å². The average Bonchev–Trinajstić information content (AvgIpc) is 2.93. The number of carbonyl (C=O) groups excluding carboxylic acids is 1. The minimum Gasteiger partial charge on any atom is -0.476 e. The Morgan fingerprint density at radius 3 is 2.43 bits per heavy atom. The number of fused-ring (bicyclic) bond motifs is 1. The molecule has 190 valence electrons. The predicted molar refractivity (Wildman–Crippen MR) is 148 cm³/mol. The molecule has 4 aromatic rings. The summed E-state index contributed by atoms with van der Waals surface area (Å²) in [4.78, 5) is 36.0. The van der Waals surface area contributed by atoms with Crippen molar-refractivity contribution in [2.24, 2.45) is 0 Å². The summed E-state index contributed by atoms with van der Waals surface area (Å²) in [5, 5.41) is 0.382. The largest absolute Gasteiger partial charge is 0.476 e. The first-order chi connectivity index (χ1) is 17.9. The van der Waals surface area contributed by atoms with E-state index in [1.807, 2.05) is 54.7 Å². The van der Waals surface area contributed by atoms with Gasteiger partial charge in [-0.05, 0) is 54.6 Å². The number of amides is 1. The summed E-state index contributed by atoms with van der Waals surface area (Å²) >= 11 is 3.41. The van der Waals surface area contributed by atoms with Gasteiger partial charge in [-0.1, -0.05) is 22.0 Å². The first-order valence-corrected chi connectivity index (χ1v) is 12.8. The minimum atomic E-state index is -0.321. The number of ether oxygens (including phenoxy) is 1. The quantitative estimate of drug-likeness (QED) is 0.344. The van der Waals surface area contributed by atoms with E-state index < -0.39 is 0 Å². The maximum Gasteiger partial charge on any atom is 0.259 e. The second-order valence-corrected chi connectivity index (χ2v) is 9.93. The van der Waals surface area contributed by atoms with Crippen molar-refractivity contribution >= 4 is 44.3 Å². The molecule has 1 saturated heterocycles. The molecule has 2 aromatic heterocycles. The normalized spacial score (nSPS) is 13.6. The molecular formula is C28H27BrN4O4. The summed E-state index contributed by atoms with van der Waals surface area (Å²) in [6, 6.07) is 19.1. The summed E-state index contributed by atoms with van der Waals surface area (Å²) < 4.78 is 12.7. The topological polar surface area (TPSA) is 79.1 Å². The molecule has 3 heterocycles. The zero-order valence-electron chi connectivity index (χ0n) is 20.7. The predicted octanol–water partition coefficient (Wildman–Crippen LogP) is 4.41. The molecule has 8 nitrogen and oxygen atoms in total. The van der Waals surface area contributed by atoms with Crippen LogP contribution in [0.4, 0.5) is 11.5 Å². The number of carbonyl (C=O) groups is 1. The monoisotopic (exact) mass is 562 g/mol. The van der Waals surface area contributed by atoms with Crippen molar-refractivity contribution in [3.63, 3.8) is 0 Å². The van der Waals surface area contributed by atoms with E-state index in [1.54, 1.807) is 26.2 Å². The number of benzene rings is 2. The molecular weight excluding hydrogens is 536 g/mol. The van der Waals surface area contributed by atoms with E-state index in [4.69, 9.17) is 9.15 Å². The number of rotatable bonds is 6. The Bertz CT molecular complexity index is 1460. The van der Waals surface area contributed by atoms with E-state index in [-0.39, 0.29) is 23.7 Å². The maximum absolute atomic E-state index is 13.4. The number of nitrogens with zero attached hydrogens (tertiary/aromatic N) is 4. The van der Waals surface area contributed by atoms with Gasteiger partial charge in [0.15, 0.2) is 12.4 Å². The molecule has 0 bridgehead atoms. The van der Waals surface area contributed by atoms with Crippen LogP contribution in [0.2, 0.25) is 0 Å². The van der Waals surface area contributed by atoms with Crippen LogP contribution in [0.25, 0.3) is 22.3 Å². The van der Waals surface area contributed by atoms with Crippen LogP contribution >= 0.6 is 15.9 Å². The smallest absolute Gasteiger partial charge is 0.259 e. The standard InChI is InChI=1S/C28H27BrN4O4/c1-31(2)25(34)18-36-28-26(35)22-17-20(29)8-11-23(22)37-27(28)19-6-9-21(10-7-19)32-13-15-33(16-14-32)24-5-3-4-12-30-24/h3-12,17H,13-16,18H2,1-2H3. The molecule has 0 unspecified atom stereocenters. The molecule has 2 aromatic carbocycles. The van der Waals surface area contributed by atoms with Crippen LogP contribution in [0.1, 0.15) is 0 Å². The Kier molecular flexibility index (Phi) is 7.14. The summed E-state index contributed by atoms with van der Waals surface area (Å²) in [7, 11) is 3.28. The van der Waals surface area contributed by atoms with Crippen LogP contribution in [-0.2, 0) is 4.79 Å². The summed E-state index contributed by atoms with van der Waals surface area (Å²) in [6.07, 6.45) is 1.82. The van der Waals surface area contributed by atoms with Gasteiger partial charge in [-0.2, -0.15) is 0 Å². The van der Waals surface area contributed by atoms with Crippen molar-refractivity contribution in [3.8, 4) is 17.1 Å². The van der Waals surface area contributed by atoms with E-state index in [0.717, 1.165) is 42.2 Å². The molecule has 9 heteroatoms. The fourth-order valence-corrected chi connectivity index (χ4v) is 4.65.